The lowest BCUT2D eigenvalue weighted by Crippen LogP contribution is -2.41. The molecule has 0 radical (unpaired) electrons. The molecule has 0 atom stereocenters. The van der Waals surface area contributed by atoms with Crippen LogP contribution in [0.5, 0.6) is 0 Å². The van der Waals surface area contributed by atoms with Crippen LogP contribution >= 0.6 is 11.6 Å². The summed E-state index contributed by atoms with van der Waals surface area (Å²) in [6.07, 6.45) is 1.85. The summed E-state index contributed by atoms with van der Waals surface area (Å²) in [5, 5.41) is 3.61. The number of aromatic nitrogens is 3. The van der Waals surface area contributed by atoms with Gasteiger partial charge in [-0.3, -0.25) is 0 Å². The second-order valence-corrected chi connectivity index (χ2v) is 5.54. The molecule has 2 rings (SSSR count). The number of nitrogens with zero attached hydrogens (tertiary/aromatic N) is 4. The Hall–Kier alpha value is -1.14. The fourth-order valence-electron chi connectivity index (χ4n) is 2.26. The molecule has 1 fully saturated rings. The maximum absolute atomic E-state index is 6.02. The monoisotopic (exact) mass is 299 g/mol. The van der Waals surface area contributed by atoms with E-state index in [1.807, 2.05) is 4.90 Å². The zero-order chi connectivity index (χ0) is 14.6. The number of ether oxygens (including phenoxy) is 1. The Bertz CT molecular complexity index is 446. The fraction of sp³-hybridized carbons (Fsp3) is 0.769. The van der Waals surface area contributed by atoms with Crippen LogP contribution in [-0.2, 0) is 4.74 Å². The van der Waals surface area contributed by atoms with Gasteiger partial charge < -0.3 is 15.0 Å². The average molecular weight is 300 g/mol. The molecule has 2 heterocycles. The Kier molecular flexibility index (Phi) is 4.99. The maximum atomic E-state index is 6.02. The van der Waals surface area contributed by atoms with E-state index in [9.17, 15) is 0 Å². The third-order valence-corrected chi connectivity index (χ3v) is 3.82. The van der Waals surface area contributed by atoms with Gasteiger partial charge in [0.25, 0.3) is 0 Å². The first-order chi connectivity index (χ1) is 9.56. The van der Waals surface area contributed by atoms with Crippen molar-refractivity contribution in [1.82, 2.24) is 15.0 Å². The molecule has 112 valence electrons. The summed E-state index contributed by atoms with van der Waals surface area (Å²) >= 11 is 6.02. The van der Waals surface area contributed by atoms with Crippen molar-refractivity contribution in [3.8, 4) is 0 Å². The highest BCUT2D eigenvalue weighted by Crippen LogP contribution is 2.25. The summed E-state index contributed by atoms with van der Waals surface area (Å²) in [4.78, 5) is 14.9. The van der Waals surface area contributed by atoms with Gasteiger partial charge in [-0.15, -0.1) is 0 Å². The van der Waals surface area contributed by atoms with Gasteiger partial charge in [0, 0.05) is 31.8 Å². The van der Waals surface area contributed by atoms with Crippen molar-refractivity contribution in [3.05, 3.63) is 5.28 Å². The molecule has 1 N–H and O–H groups in total. The molecule has 1 aliphatic heterocycles. The number of halogens is 1. The van der Waals surface area contributed by atoms with E-state index >= 15 is 0 Å². The highest BCUT2D eigenvalue weighted by Gasteiger charge is 2.28. The fourth-order valence-corrected chi connectivity index (χ4v) is 2.42. The van der Waals surface area contributed by atoms with Crippen molar-refractivity contribution in [2.45, 2.75) is 39.2 Å². The Labute approximate surface area is 124 Å². The molecule has 0 amide bonds. The van der Waals surface area contributed by atoms with Crippen molar-refractivity contribution in [3.63, 3.8) is 0 Å². The molecule has 0 saturated carbocycles. The Morgan fingerprint density at radius 2 is 1.85 bits per heavy atom. The summed E-state index contributed by atoms with van der Waals surface area (Å²) in [7, 11) is 0. The van der Waals surface area contributed by atoms with Gasteiger partial charge in [0.05, 0.1) is 0 Å². The molecule has 0 spiro atoms. The predicted molar refractivity (Wildman–Crippen MR) is 80.5 cm³/mol. The molecule has 0 unspecified atom stereocenters. The highest BCUT2D eigenvalue weighted by atomic mass is 35.5. The van der Waals surface area contributed by atoms with Crippen LogP contribution in [0.2, 0.25) is 5.28 Å². The topological polar surface area (TPSA) is 63.2 Å². The third-order valence-electron chi connectivity index (χ3n) is 3.65. The maximum Gasteiger partial charge on any atom is 0.231 e. The van der Waals surface area contributed by atoms with Crippen LogP contribution in [0.15, 0.2) is 0 Å². The van der Waals surface area contributed by atoms with Gasteiger partial charge >= 0.3 is 0 Å². The zero-order valence-electron chi connectivity index (χ0n) is 12.3. The molecule has 1 aromatic heterocycles. The largest absolute Gasteiger partial charge is 0.381 e. The van der Waals surface area contributed by atoms with Crippen LogP contribution in [-0.4, -0.2) is 46.8 Å². The van der Waals surface area contributed by atoms with Crippen molar-refractivity contribution < 1.29 is 4.74 Å². The SMILES string of the molecule is CCN(CC)c1nc(Cl)nc(NC2(C)CCOCC2)n1. The summed E-state index contributed by atoms with van der Waals surface area (Å²) in [6, 6.07) is 0. The number of rotatable bonds is 5. The van der Waals surface area contributed by atoms with Gasteiger partial charge in [-0.1, -0.05) is 0 Å². The first-order valence-corrected chi connectivity index (χ1v) is 7.46. The molecule has 1 saturated heterocycles. The molecule has 1 aliphatic rings. The predicted octanol–water partition coefficient (Wildman–Crippen LogP) is 2.35. The number of nitrogens with one attached hydrogen (secondary N) is 1. The zero-order valence-corrected chi connectivity index (χ0v) is 13.1. The van der Waals surface area contributed by atoms with Crippen LogP contribution < -0.4 is 10.2 Å². The van der Waals surface area contributed by atoms with E-state index < -0.39 is 0 Å². The first kappa shape index (κ1) is 15.3. The number of anilines is 2. The lowest BCUT2D eigenvalue weighted by atomic mass is 9.93. The summed E-state index contributed by atoms with van der Waals surface area (Å²) in [6.45, 7) is 9.46. The highest BCUT2D eigenvalue weighted by molar-refractivity contribution is 6.28. The van der Waals surface area contributed by atoms with Crippen LogP contribution in [0.4, 0.5) is 11.9 Å². The van der Waals surface area contributed by atoms with Crippen LogP contribution in [0.25, 0.3) is 0 Å². The van der Waals surface area contributed by atoms with E-state index in [2.05, 4.69) is 41.0 Å². The van der Waals surface area contributed by atoms with E-state index in [1.54, 1.807) is 0 Å². The minimum atomic E-state index is -0.0521. The van der Waals surface area contributed by atoms with Gasteiger partial charge in [0.1, 0.15) is 0 Å². The van der Waals surface area contributed by atoms with Crippen molar-refractivity contribution in [1.29, 1.82) is 0 Å². The van der Waals surface area contributed by atoms with E-state index in [4.69, 9.17) is 16.3 Å². The molecule has 0 aliphatic carbocycles. The Morgan fingerprint density at radius 3 is 2.45 bits per heavy atom. The molecule has 1 aromatic rings. The average Bonchev–Trinajstić information content (AvgIpc) is 2.39. The summed E-state index contributed by atoms with van der Waals surface area (Å²) in [5.41, 5.74) is -0.0521. The molecule has 0 bridgehead atoms. The lowest BCUT2D eigenvalue weighted by Gasteiger charge is -2.34. The quantitative estimate of drug-likeness (QED) is 0.900. The lowest BCUT2D eigenvalue weighted by molar-refractivity contribution is 0.0656. The van der Waals surface area contributed by atoms with E-state index in [1.165, 1.54) is 0 Å². The molecular formula is C13H22ClN5O. The van der Waals surface area contributed by atoms with Gasteiger partial charge in [0.15, 0.2) is 0 Å². The van der Waals surface area contributed by atoms with Gasteiger partial charge in [-0.25, -0.2) is 0 Å². The van der Waals surface area contributed by atoms with E-state index in [-0.39, 0.29) is 10.8 Å². The van der Waals surface area contributed by atoms with Crippen molar-refractivity contribution in [2.75, 3.05) is 36.5 Å². The minimum Gasteiger partial charge on any atom is -0.381 e. The molecule has 0 aromatic carbocycles. The molecule has 6 nitrogen and oxygen atoms in total. The van der Waals surface area contributed by atoms with Crippen LogP contribution in [0, 0.1) is 0 Å². The first-order valence-electron chi connectivity index (χ1n) is 7.09. The smallest absolute Gasteiger partial charge is 0.231 e. The standard InChI is InChI=1S/C13H22ClN5O/c1-4-19(5-2)12-16-10(14)15-11(17-12)18-13(3)6-8-20-9-7-13/h4-9H2,1-3H3,(H,15,16,17,18). The van der Waals surface area contributed by atoms with Gasteiger partial charge in [-0.2, -0.15) is 15.0 Å². The molecule has 7 heteroatoms. The minimum absolute atomic E-state index is 0.0521. The molecular weight excluding hydrogens is 278 g/mol. The Balaban J connectivity index is 2.19. The second kappa shape index (κ2) is 6.54. The van der Waals surface area contributed by atoms with E-state index in [0.29, 0.717) is 11.9 Å². The molecule has 20 heavy (non-hydrogen) atoms. The van der Waals surface area contributed by atoms with Gasteiger partial charge in [0.2, 0.25) is 17.2 Å². The van der Waals surface area contributed by atoms with E-state index in [0.717, 1.165) is 39.1 Å². The van der Waals surface area contributed by atoms with Crippen molar-refractivity contribution >= 4 is 23.5 Å². The number of hydrogen-bond acceptors (Lipinski definition) is 6. The second-order valence-electron chi connectivity index (χ2n) is 5.20. The summed E-state index contributed by atoms with van der Waals surface area (Å²) < 4.78 is 5.40. The van der Waals surface area contributed by atoms with Gasteiger partial charge in [-0.05, 0) is 45.2 Å². The van der Waals surface area contributed by atoms with Crippen LogP contribution in [0.3, 0.4) is 0 Å². The summed E-state index contributed by atoms with van der Waals surface area (Å²) in [5.74, 6) is 1.16. The number of hydrogen-bond donors (Lipinski definition) is 1. The normalized spacial score (nSPS) is 17.8. The third kappa shape index (κ3) is 3.70. The van der Waals surface area contributed by atoms with Crippen molar-refractivity contribution in [2.24, 2.45) is 0 Å². The van der Waals surface area contributed by atoms with Crippen LogP contribution in [0.1, 0.15) is 33.6 Å². The Morgan fingerprint density at radius 1 is 1.20 bits per heavy atom.